The summed E-state index contributed by atoms with van der Waals surface area (Å²) in [4.78, 5) is 29.5. The smallest absolute Gasteiger partial charge is 0.409 e. The number of piperidine rings is 1. The van der Waals surface area contributed by atoms with Gasteiger partial charge in [-0.1, -0.05) is 12.8 Å². The Kier molecular flexibility index (Phi) is 12.9. The zero-order chi connectivity index (χ0) is 20.6. The second-order valence-corrected chi connectivity index (χ2v) is 6.83. The first-order chi connectivity index (χ1) is 13.6. The van der Waals surface area contributed by atoms with Crippen LogP contribution in [0.4, 0.5) is 4.79 Å². The van der Waals surface area contributed by atoms with Crippen LogP contribution in [0.3, 0.4) is 0 Å². The molecule has 1 rings (SSSR count). The number of hydrogen-bond acceptors (Lipinski definition) is 5. The van der Waals surface area contributed by atoms with E-state index < -0.39 is 0 Å². The number of carbonyl (C=O) groups is 2. The summed E-state index contributed by atoms with van der Waals surface area (Å²) in [6.45, 7) is 9.56. The lowest BCUT2D eigenvalue weighted by atomic mass is 10.1. The molecule has 1 fully saturated rings. The Morgan fingerprint density at radius 2 is 1.68 bits per heavy atom. The van der Waals surface area contributed by atoms with Crippen molar-refractivity contribution >= 4 is 18.0 Å². The number of unbranched alkanes of at least 4 members (excludes halogenated alkanes) is 3. The van der Waals surface area contributed by atoms with E-state index in [1.807, 2.05) is 13.8 Å². The number of likely N-dealkylation sites (tertiary alicyclic amines) is 1. The molecule has 0 atom stereocenters. The minimum absolute atomic E-state index is 0.104. The number of ether oxygens (including phenoxy) is 2. The fraction of sp³-hybridized carbons (Fsp3) is 0.850. The maximum Gasteiger partial charge on any atom is 0.409 e. The molecule has 0 saturated carbocycles. The largest absolute Gasteiger partial charge is 0.466 e. The van der Waals surface area contributed by atoms with Crippen LogP contribution < -0.4 is 10.6 Å². The lowest BCUT2D eigenvalue weighted by Crippen LogP contribution is -2.49. The first-order valence-electron chi connectivity index (χ1n) is 10.7. The molecule has 1 saturated heterocycles. The molecule has 1 amide bonds. The van der Waals surface area contributed by atoms with Crippen molar-refractivity contribution in [1.82, 2.24) is 15.5 Å². The van der Waals surface area contributed by atoms with Crippen molar-refractivity contribution in [2.45, 2.75) is 71.8 Å². The number of amides is 1. The van der Waals surface area contributed by atoms with Crippen LogP contribution in [-0.4, -0.2) is 68.4 Å². The highest BCUT2D eigenvalue weighted by molar-refractivity contribution is 5.80. The molecule has 0 unspecified atom stereocenters. The molecular weight excluding hydrogens is 360 g/mol. The van der Waals surface area contributed by atoms with E-state index in [1.54, 1.807) is 4.90 Å². The maximum absolute atomic E-state index is 11.8. The molecule has 8 heteroatoms. The average molecular weight is 399 g/mol. The molecule has 0 aromatic rings. The van der Waals surface area contributed by atoms with Crippen LogP contribution in [-0.2, 0) is 14.3 Å². The van der Waals surface area contributed by atoms with Crippen LogP contribution >= 0.6 is 0 Å². The summed E-state index contributed by atoms with van der Waals surface area (Å²) in [6, 6.07) is 0.313. The molecule has 0 aromatic heterocycles. The lowest BCUT2D eigenvalue weighted by molar-refractivity contribution is -0.143. The standard InChI is InChI=1S/C20H38N4O4/c1-4-21-19(22-14-10-8-7-9-11-18(25)27-5-2)23-17-12-15-24(16-13-17)20(26)28-6-3/h17H,4-16H2,1-3H3,(H2,21,22,23). The summed E-state index contributed by atoms with van der Waals surface area (Å²) >= 11 is 0. The Balaban J connectivity index is 2.23. The van der Waals surface area contributed by atoms with E-state index in [4.69, 9.17) is 9.47 Å². The van der Waals surface area contributed by atoms with Crippen molar-refractivity contribution in [3.05, 3.63) is 0 Å². The molecule has 1 heterocycles. The molecule has 0 bridgehead atoms. The molecule has 2 N–H and O–H groups in total. The molecule has 8 nitrogen and oxygen atoms in total. The molecule has 0 aromatic carbocycles. The van der Waals surface area contributed by atoms with Gasteiger partial charge in [-0.05, 0) is 46.5 Å². The zero-order valence-electron chi connectivity index (χ0n) is 17.8. The number of nitrogens with zero attached hydrogens (tertiary/aromatic N) is 2. The average Bonchev–Trinajstić information content (AvgIpc) is 2.68. The fourth-order valence-corrected chi connectivity index (χ4v) is 3.09. The SMILES string of the molecule is CCNC(=NCCCCCCC(=O)OCC)NC1CCN(C(=O)OCC)CC1. The molecule has 0 aliphatic carbocycles. The van der Waals surface area contributed by atoms with E-state index in [0.29, 0.717) is 38.8 Å². The molecule has 1 aliphatic heterocycles. The van der Waals surface area contributed by atoms with Crippen molar-refractivity contribution in [3.8, 4) is 0 Å². The predicted molar refractivity (Wildman–Crippen MR) is 110 cm³/mol. The van der Waals surface area contributed by atoms with Crippen LogP contribution in [0.2, 0.25) is 0 Å². The molecule has 28 heavy (non-hydrogen) atoms. The second-order valence-electron chi connectivity index (χ2n) is 6.83. The van der Waals surface area contributed by atoms with Gasteiger partial charge in [0.15, 0.2) is 5.96 Å². The summed E-state index contributed by atoms with van der Waals surface area (Å²) in [5.74, 6) is 0.733. The summed E-state index contributed by atoms with van der Waals surface area (Å²) in [7, 11) is 0. The van der Waals surface area contributed by atoms with Crippen LogP contribution in [0.1, 0.15) is 65.7 Å². The van der Waals surface area contributed by atoms with Crippen molar-refractivity contribution in [2.24, 2.45) is 4.99 Å². The van der Waals surface area contributed by atoms with Gasteiger partial charge in [-0.2, -0.15) is 0 Å². The van der Waals surface area contributed by atoms with Gasteiger partial charge in [-0.3, -0.25) is 9.79 Å². The highest BCUT2D eigenvalue weighted by atomic mass is 16.6. The number of guanidine groups is 1. The van der Waals surface area contributed by atoms with E-state index in [0.717, 1.165) is 57.6 Å². The quantitative estimate of drug-likeness (QED) is 0.241. The Morgan fingerprint density at radius 3 is 2.32 bits per heavy atom. The van der Waals surface area contributed by atoms with Gasteiger partial charge in [-0.25, -0.2) is 4.79 Å². The zero-order valence-corrected chi connectivity index (χ0v) is 17.8. The van der Waals surface area contributed by atoms with Gasteiger partial charge in [0.05, 0.1) is 13.2 Å². The highest BCUT2D eigenvalue weighted by Crippen LogP contribution is 2.11. The summed E-state index contributed by atoms with van der Waals surface area (Å²) in [5, 5.41) is 6.77. The first kappa shape index (κ1) is 24.0. The van der Waals surface area contributed by atoms with Crippen molar-refractivity contribution in [1.29, 1.82) is 0 Å². The van der Waals surface area contributed by atoms with Crippen molar-refractivity contribution in [3.63, 3.8) is 0 Å². The third-order valence-corrected chi connectivity index (χ3v) is 4.57. The third-order valence-electron chi connectivity index (χ3n) is 4.57. The van der Waals surface area contributed by atoms with Gasteiger partial charge in [0.25, 0.3) is 0 Å². The molecule has 1 aliphatic rings. The van der Waals surface area contributed by atoms with E-state index in [-0.39, 0.29) is 12.1 Å². The minimum Gasteiger partial charge on any atom is -0.466 e. The number of aliphatic imine (C=N–C) groups is 1. The number of carbonyl (C=O) groups excluding carboxylic acids is 2. The number of rotatable bonds is 11. The van der Waals surface area contributed by atoms with E-state index >= 15 is 0 Å². The topological polar surface area (TPSA) is 92.3 Å². The number of hydrogen-bond donors (Lipinski definition) is 2. The van der Waals surface area contributed by atoms with Gasteiger partial charge in [0.2, 0.25) is 0 Å². The molecular formula is C20H38N4O4. The summed E-state index contributed by atoms with van der Waals surface area (Å²) in [5.41, 5.74) is 0. The Bertz CT molecular complexity index is 477. The molecule has 0 spiro atoms. The number of nitrogens with one attached hydrogen (secondary N) is 2. The van der Waals surface area contributed by atoms with Gasteiger partial charge < -0.3 is 25.0 Å². The van der Waals surface area contributed by atoms with Crippen molar-refractivity contribution < 1.29 is 19.1 Å². The van der Waals surface area contributed by atoms with E-state index in [2.05, 4.69) is 22.5 Å². The molecule has 162 valence electrons. The fourth-order valence-electron chi connectivity index (χ4n) is 3.09. The third kappa shape index (κ3) is 10.4. The Labute approximate surface area is 169 Å². The van der Waals surface area contributed by atoms with E-state index in [1.165, 1.54) is 0 Å². The van der Waals surface area contributed by atoms with Crippen LogP contribution in [0.15, 0.2) is 4.99 Å². The van der Waals surface area contributed by atoms with Crippen molar-refractivity contribution in [2.75, 3.05) is 39.4 Å². The Hall–Kier alpha value is -1.99. The first-order valence-corrected chi connectivity index (χ1v) is 10.7. The minimum atomic E-state index is -0.218. The van der Waals surface area contributed by atoms with Crippen LogP contribution in [0, 0.1) is 0 Å². The molecule has 0 radical (unpaired) electrons. The van der Waals surface area contributed by atoms with Gasteiger partial charge in [0, 0.05) is 38.6 Å². The maximum atomic E-state index is 11.8. The van der Waals surface area contributed by atoms with Gasteiger partial charge in [-0.15, -0.1) is 0 Å². The van der Waals surface area contributed by atoms with Gasteiger partial charge in [0.1, 0.15) is 0 Å². The van der Waals surface area contributed by atoms with Gasteiger partial charge >= 0.3 is 12.1 Å². The normalized spacial score (nSPS) is 15.2. The van der Waals surface area contributed by atoms with Crippen LogP contribution in [0.25, 0.3) is 0 Å². The second kappa shape index (κ2) is 15.0. The predicted octanol–water partition coefficient (Wildman–Crippen LogP) is 2.68. The van der Waals surface area contributed by atoms with Crippen LogP contribution in [0.5, 0.6) is 0 Å². The Morgan fingerprint density at radius 1 is 1.00 bits per heavy atom. The highest BCUT2D eigenvalue weighted by Gasteiger charge is 2.23. The van der Waals surface area contributed by atoms with E-state index in [9.17, 15) is 9.59 Å². The summed E-state index contributed by atoms with van der Waals surface area (Å²) < 4.78 is 9.99. The monoisotopic (exact) mass is 398 g/mol. The lowest BCUT2D eigenvalue weighted by Gasteiger charge is -2.32. The number of esters is 1. The summed E-state index contributed by atoms with van der Waals surface area (Å²) in [6.07, 6.45) is 6.01.